The molecule has 0 aliphatic heterocycles. The third-order valence-electron chi connectivity index (χ3n) is 3.51. The number of carbonyl (C=O) groups excluding carboxylic acids is 1. The zero-order valence-corrected chi connectivity index (χ0v) is 13.6. The molecule has 124 valence electrons. The zero-order valence-electron chi connectivity index (χ0n) is 13.6. The summed E-state index contributed by atoms with van der Waals surface area (Å²) in [6, 6.07) is 9.51. The number of methoxy groups -OCH3 is 2. The Morgan fingerprint density at radius 2 is 1.87 bits per heavy atom. The summed E-state index contributed by atoms with van der Waals surface area (Å²) in [5, 5.41) is 3.90. The van der Waals surface area contributed by atoms with Crippen LogP contribution in [0.3, 0.4) is 0 Å². The Morgan fingerprint density at radius 1 is 1.13 bits per heavy atom. The van der Waals surface area contributed by atoms with Crippen molar-refractivity contribution in [3.8, 4) is 0 Å². The average molecular weight is 317 g/mol. The number of pyridine rings is 1. The van der Waals surface area contributed by atoms with Crippen LogP contribution in [0.25, 0.3) is 10.9 Å². The van der Waals surface area contributed by atoms with Crippen molar-refractivity contribution in [3.63, 3.8) is 0 Å². The molecular weight excluding hydrogens is 294 g/mol. The first-order chi connectivity index (χ1) is 11.2. The van der Waals surface area contributed by atoms with Crippen molar-refractivity contribution in [1.82, 2.24) is 9.88 Å². The molecule has 6 nitrogen and oxygen atoms in total. The molecule has 0 unspecified atom stereocenters. The highest BCUT2D eigenvalue weighted by Gasteiger charge is 2.12. The van der Waals surface area contributed by atoms with Crippen molar-refractivity contribution < 1.29 is 14.3 Å². The molecule has 1 heterocycles. The first kappa shape index (κ1) is 17.3. The van der Waals surface area contributed by atoms with E-state index in [0.29, 0.717) is 32.8 Å². The number of ether oxygens (including phenoxy) is 2. The molecule has 0 aliphatic rings. The number of rotatable bonds is 9. The number of fused-ring (bicyclic) bond motifs is 1. The number of nitrogens with one attached hydrogen (secondary N) is 1. The molecule has 0 saturated heterocycles. The molecule has 2 rings (SSSR count). The van der Waals surface area contributed by atoms with Gasteiger partial charge in [0.25, 0.3) is 0 Å². The zero-order chi connectivity index (χ0) is 16.5. The Hall–Kier alpha value is -2.02. The van der Waals surface area contributed by atoms with E-state index in [1.54, 1.807) is 20.4 Å². The number of benzene rings is 1. The maximum atomic E-state index is 12.3. The van der Waals surface area contributed by atoms with E-state index in [0.717, 1.165) is 16.6 Å². The lowest BCUT2D eigenvalue weighted by atomic mass is 10.2. The second-order valence-electron chi connectivity index (χ2n) is 5.19. The van der Waals surface area contributed by atoms with Crippen LogP contribution in [0.2, 0.25) is 0 Å². The van der Waals surface area contributed by atoms with Crippen LogP contribution in [0, 0.1) is 0 Å². The topological polar surface area (TPSA) is 63.7 Å². The van der Waals surface area contributed by atoms with Gasteiger partial charge < -0.3 is 14.8 Å². The van der Waals surface area contributed by atoms with Crippen molar-refractivity contribution in [1.29, 1.82) is 0 Å². The lowest BCUT2D eigenvalue weighted by molar-refractivity contribution is -0.117. The van der Waals surface area contributed by atoms with Crippen molar-refractivity contribution in [3.05, 3.63) is 36.5 Å². The summed E-state index contributed by atoms with van der Waals surface area (Å²) in [7, 11) is 3.30. The molecule has 0 spiro atoms. The highest BCUT2D eigenvalue weighted by atomic mass is 16.5. The van der Waals surface area contributed by atoms with E-state index in [1.807, 2.05) is 35.2 Å². The lowest BCUT2D eigenvalue weighted by Crippen LogP contribution is -2.37. The Kier molecular flexibility index (Phi) is 6.93. The maximum absolute atomic E-state index is 12.3. The molecule has 0 aliphatic carbocycles. The van der Waals surface area contributed by atoms with Crippen LogP contribution in [0.5, 0.6) is 0 Å². The molecule has 0 saturated carbocycles. The van der Waals surface area contributed by atoms with Gasteiger partial charge in [0.15, 0.2) is 0 Å². The lowest BCUT2D eigenvalue weighted by Gasteiger charge is -2.21. The molecule has 0 fully saturated rings. The first-order valence-electron chi connectivity index (χ1n) is 7.58. The van der Waals surface area contributed by atoms with Gasteiger partial charge in [0, 0.05) is 38.9 Å². The highest BCUT2D eigenvalue weighted by molar-refractivity contribution is 6.01. The predicted molar refractivity (Wildman–Crippen MR) is 90.6 cm³/mol. The van der Waals surface area contributed by atoms with Gasteiger partial charge in [0.05, 0.1) is 31.0 Å². The fourth-order valence-electron chi connectivity index (χ4n) is 2.32. The summed E-state index contributed by atoms with van der Waals surface area (Å²) in [6.07, 6.45) is 1.74. The average Bonchev–Trinajstić information content (AvgIpc) is 2.57. The van der Waals surface area contributed by atoms with Gasteiger partial charge in [0.1, 0.15) is 0 Å². The summed E-state index contributed by atoms with van der Waals surface area (Å²) in [5.74, 6) is -0.0615. The van der Waals surface area contributed by atoms with Crippen molar-refractivity contribution in [2.45, 2.75) is 0 Å². The van der Waals surface area contributed by atoms with Crippen molar-refractivity contribution in [2.75, 3.05) is 52.4 Å². The second-order valence-corrected chi connectivity index (χ2v) is 5.19. The quantitative estimate of drug-likeness (QED) is 0.763. The van der Waals surface area contributed by atoms with Crippen LogP contribution in [0.1, 0.15) is 0 Å². The molecule has 0 bridgehead atoms. The second kappa shape index (κ2) is 9.19. The standard InChI is InChI=1S/C17H23N3O3/c1-22-11-9-20(10-12-23-2)13-17(21)19-16-7-3-6-15-14(16)5-4-8-18-15/h3-8H,9-13H2,1-2H3,(H,19,21). The number of hydrogen-bond donors (Lipinski definition) is 1. The minimum atomic E-state index is -0.0615. The van der Waals surface area contributed by atoms with Gasteiger partial charge in [-0.1, -0.05) is 6.07 Å². The summed E-state index contributed by atoms with van der Waals surface area (Å²) in [5.41, 5.74) is 1.64. The SMILES string of the molecule is COCCN(CCOC)CC(=O)Nc1cccc2ncccc12. The van der Waals surface area contributed by atoms with Gasteiger partial charge in [-0.25, -0.2) is 0 Å². The number of amides is 1. The third-order valence-corrected chi connectivity index (χ3v) is 3.51. The molecule has 23 heavy (non-hydrogen) atoms. The monoisotopic (exact) mass is 317 g/mol. The maximum Gasteiger partial charge on any atom is 0.238 e. The normalized spacial score (nSPS) is 11.1. The van der Waals surface area contributed by atoms with Crippen LogP contribution >= 0.6 is 0 Å². The van der Waals surface area contributed by atoms with Gasteiger partial charge in [-0.15, -0.1) is 0 Å². The van der Waals surface area contributed by atoms with E-state index >= 15 is 0 Å². The summed E-state index contributed by atoms with van der Waals surface area (Å²) in [6.45, 7) is 2.82. The number of nitrogens with zero attached hydrogens (tertiary/aromatic N) is 2. The first-order valence-corrected chi connectivity index (χ1v) is 7.58. The Morgan fingerprint density at radius 3 is 2.57 bits per heavy atom. The number of carbonyl (C=O) groups is 1. The molecule has 0 atom stereocenters. The van der Waals surface area contributed by atoms with Gasteiger partial charge in [-0.05, 0) is 24.3 Å². The smallest absolute Gasteiger partial charge is 0.238 e. The fraction of sp³-hybridized carbons (Fsp3) is 0.412. The largest absolute Gasteiger partial charge is 0.383 e. The molecule has 2 aromatic rings. The molecule has 1 aromatic carbocycles. The van der Waals surface area contributed by atoms with Crippen molar-refractivity contribution in [2.24, 2.45) is 0 Å². The van der Waals surface area contributed by atoms with Crippen LogP contribution in [0.4, 0.5) is 5.69 Å². The molecule has 1 aromatic heterocycles. The van der Waals surface area contributed by atoms with E-state index in [1.165, 1.54) is 0 Å². The molecule has 6 heteroatoms. The van der Waals surface area contributed by atoms with Gasteiger partial charge in [-0.3, -0.25) is 14.7 Å². The summed E-state index contributed by atoms with van der Waals surface area (Å²) < 4.78 is 10.2. The fourth-order valence-corrected chi connectivity index (χ4v) is 2.32. The van der Waals surface area contributed by atoms with E-state index in [2.05, 4.69) is 10.3 Å². The van der Waals surface area contributed by atoms with E-state index < -0.39 is 0 Å². The van der Waals surface area contributed by atoms with Crippen molar-refractivity contribution >= 4 is 22.5 Å². The summed E-state index contributed by atoms with van der Waals surface area (Å²) in [4.78, 5) is 18.6. The molecule has 1 amide bonds. The van der Waals surface area contributed by atoms with E-state index in [4.69, 9.17) is 9.47 Å². The Balaban J connectivity index is 2.01. The Labute approximate surface area is 136 Å². The molecule has 1 N–H and O–H groups in total. The number of hydrogen-bond acceptors (Lipinski definition) is 5. The van der Waals surface area contributed by atoms with Crippen LogP contribution in [0.15, 0.2) is 36.5 Å². The minimum Gasteiger partial charge on any atom is -0.383 e. The predicted octanol–water partition coefficient (Wildman–Crippen LogP) is 1.77. The van der Waals surface area contributed by atoms with Gasteiger partial charge >= 0.3 is 0 Å². The number of anilines is 1. The van der Waals surface area contributed by atoms with Crippen LogP contribution in [-0.4, -0.2) is 62.9 Å². The van der Waals surface area contributed by atoms with Gasteiger partial charge in [0.2, 0.25) is 5.91 Å². The van der Waals surface area contributed by atoms with E-state index in [-0.39, 0.29) is 5.91 Å². The van der Waals surface area contributed by atoms with Gasteiger partial charge in [-0.2, -0.15) is 0 Å². The highest BCUT2D eigenvalue weighted by Crippen LogP contribution is 2.21. The summed E-state index contributed by atoms with van der Waals surface area (Å²) >= 11 is 0. The Bertz CT molecular complexity index is 620. The van der Waals surface area contributed by atoms with Crippen LogP contribution in [-0.2, 0) is 14.3 Å². The third kappa shape index (κ3) is 5.28. The molecule has 0 radical (unpaired) electrons. The molecular formula is C17H23N3O3. The number of aromatic nitrogens is 1. The van der Waals surface area contributed by atoms with Crippen LogP contribution < -0.4 is 5.32 Å². The minimum absolute atomic E-state index is 0.0615. The van der Waals surface area contributed by atoms with E-state index in [9.17, 15) is 4.79 Å².